The second-order valence-electron chi connectivity index (χ2n) is 5.94. The van der Waals surface area contributed by atoms with Crippen molar-refractivity contribution in [3.8, 4) is 0 Å². The molecular weight excluding hydrogens is 264 g/mol. The van der Waals surface area contributed by atoms with Crippen LogP contribution in [0.5, 0.6) is 0 Å². The van der Waals surface area contributed by atoms with E-state index in [9.17, 15) is 13.2 Å². The summed E-state index contributed by atoms with van der Waals surface area (Å²) >= 11 is 0. The van der Waals surface area contributed by atoms with E-state index in [0.717, 1.165) is 25.6 Å². The van der Waals surface area contributed by atoms with Gasteiger partial charge in [-0.2, -0.15) is 0 Å². The molecule has 2 fully saturated rings. The van der Waals surface area contributed by atoms with Crippen molar-refractivity contribution in [3.63, 3.8) is 0 Å². The van der Waals surface area contributed by atoms with Crippen molar-refractivity contribution in [1.29, 1.82) is 0 Å². The van der Waals surface area contributed by atoms with Gasteiger partial charge in [-0.05, 0) is 31.7 Å². The summed E-state index contributed by atoms with van der Waals surface area (Å²) in [5.74, 6) is 0.509. The summed E-state index contributed by atoms with van der Waals surface area (Å²) in [5.41, 5.74) is 0. The summed E-state index contributed by atoms with van der Waals surface area (Å²) < 4.78 is 22.6. The first-order valence-electron chi connectivity index (χ1n) is 7.17. The van der Waals surface area contributed by atoms with E-state index < -0.39 is 9.84 Å². The predicted molar refractivity (Wildman–Crippen MR) is 74.6 cm³/mol. The van der Waals surface area contributed by atoms with Crippen LogP contribution in [0.2, 0.25) is 0 Å². The Morgan fingerprint density at radius 1 is 1.37 bits per heavy atom. The quantitative estimate of drug-likeness (QED) is 0.806. The summed E-state index contributed by atoms with van der Waals surface area (Å²) in [4.78, 5) is 14.2. The number of piperidine rings is 1. The number of nitrogens with one attached hydrogen (secondary N) is 1. The minimum absolute atomic E-state index is 0.0274. The molecule has 2 aliphatic heterocycles. The van der Waals surface area contributed by atoms with Gasteiger partial charge >= 0.3 is 0 Å². The molecule has 0 aliphatic carbocycles. The Hall–Kier alpha value is -0.620. The van der Waals surface area contributed by atoms with Gasteiger partial charge in [-0.3, -0.25) is 4.79 Å². The predicted octanol–water partition coefficient (Wildman–Crippen LogP) is 0.269. The molecule has 0 bridgehead atoms. The first-order valence-corrected chi connectivity index (χ1v) is 8.99. The van der Waals surface area contributed by atoms with Crippen LogP contribution >= 0.6 is 0 Å². The first kappa shape index (κ1) is 14.8. The van der Waals surface area contributed by atoms with Crippen LogP contribution in [0.25, 0.3) is 0 Å². The smallest absolute Gasteiger partial charge is 0.224 e. The van der Waals surface area contributed by atoms with Gasteiger partial charge in [0, 0.05) is 19.6 Å². The maximum absolute atomic E-state index is 11.8. The summed E-state index contributed by atoms with van der Waals surface area (Å²) in [6, 6.07) is 0. The summed E-state index contributed by atoms with van der Waals surface area (Å²) in [5, 5.41) is 2.88. The van der Waals surface area contributed by atoms with Crippen LogP contribution in [-0.4, -0.2) is 56.9 Å². The van der Waals surface area contributed by atoms with E-state index in [-0.39, 0.29) is 23.3 Å². The highest BCUT2D eigenvalue weighted by Crippen LogP contribution is 2.18. The van der Waals surface area contributed by atoms with Gasteiger partial charge in [-0.25, -0.2) is 8.42 Å². The van der Waals surface area contributed by atoms with Crippen molar-refractivity contribution in [3.05, 3.63) is 0 Å². The minimum Gasteiger partial charge on any atom is -0.355 e. The van der Waals surface area contributed by atoms with Crippen LogP contribution in [0.1, 0.15) is 26.2 Å². The van der Waals surface area contributed by atoms with Crippen LogP contribution in [0.15, 0.2) is 0 Å². The second-order valence-corrected chi connectivity index (χ2v) is 8.17. The fourth-order valence-corrected chi connectivity index (χ4v) is 4.71. The highest BCUT2D eigenvalue weighted by molar-refractivity contribution is 7.91. The maximum Gasteiger partial charge on any atom is 0.224 e. The SMILES string of the molecule is C[C@@H]1CCCN(CCNC(=O)[C@@H]2CCS(=O)(=O)C2)C1. The Balaban J connectivity index is 1.67. The number of hydrogen-bond donors (Lipinski definition) is 1. The van der Waals surface area contributed by atoms with E-state index >= 15 is 0 Å². The monoisotopic (exact) mass is 288 g/mol. The zero-order chi connectivity index (χ0) is 13.9. The number of carbonyl (C=O) groups excluding carboxylic acids is 1. The van der Waals surface area contributed by atoms with Gasteiger partial charge in [0.2, 0.25) is 5.91 Å². The molecular formula is C13H24N2O3S. The van der Waals surface area contributed by atoms with Crippen LogP contribution in [-0.2, 0) is 14.6 Å². The Morgan fingerprint density at radius 2 is 2.16 bits per heavy atom. The fourth-order valence-electron chi connectivity index (χ4n) is 2.97. The minimum atomic E-state index is -2.96. The molecule has 5 nitrogen and oxygen atoms in total. The largest absolute Gasteiger partial charge is 0.355 e. The molecule has 6 heteroatoms. The lowest BCUT2D eigenvalue weighted by Gasteiger charge is -2.30. The summed E-state index contributed by atoms with van der Waals surface area (Å²) in [6.07, 6.45) is 3.01. The zero-order valence-electron chi connectivity index (χ0n) is 11.6. The summed E-state index contributed by atoms with van der Waals surface area (Å²) in [7, 11) is -2.96. The Bertz CT molecular complexity index is 422. The molecule has 0 saturated carbocycles. The lowest BCUT2D eigenvalue weighted by molar-refractivity contribution is -0.124. The summed E-state index contributed by atoms with van der Waals surface area (Å²) in [6.45, 7) is 5.97. The lowest BCUT2D eigenvalue weighted by Crippen LogP contribution is -2.41. The topological polar surface area (TPSA) is 66.5 Å². The second kappa shape index (κ2) is 6.22. The van der Waals surface area contributed by atoms with Gasteiger partial charge in [0.15, 0.2) is 9.84 Å². The third kappa shape index (κ3) is 4.45. The molecule has 2 atom stereocenters. The van der Waals surface area contributed by atoms with Crippen molar-refractivity contribution >= 4 is 15.7 Å². The third-order valence-corrected chi connectivity index (χ3v) is 5.84. The molecule has 0 aromatic rings. The number of nitrogens with zero attached hydrogens (tertiary/aromatic N) is 1. The van der Waals surface area contributed by atoms with Crippen LogP contribution < -0.4 is 5.32 Å². The zero-order valence-corrected chi connectivity index (χ0v) is 12.4. The first-order chi connectivity index (χ1) is 8.96. The number of sulfone groups is 1. The Labute approximate surface area is 115 Å². The maximum atomic E-state index is 11.8. The van der Waals surface area contributed by atoms with E-state index in [2.05, 4.69) is 17.1 Å². The average Bonchev–Trinajstić information content (AvgIpc) is 2.70. The van der Waals surface area contributed by atoms with Crippen molar-refractivity contribution < 1.29 is 13.2 Å². The van der Waals surface area contributed by atoms with Crippen molar-refractivity contribution in [1.82, 2.24) is 10.2 Å². The molecule has 0 aromatic heterocycles. The third-order valence-electron chi connectivity index (χ3n) is 4.07. The molecule has 0 aromatic carbocycles. The molecule has 2 rings (SSSR count). The molecule has 0 spiro atoms. The number of rotatable bonds is 4. The molecule has 2 heterocycles. The molecule has 110 valence electrons. The van der Waals surface area contributed by atoms with Crippen molar-refractivity contribution in [2.75, 3.05) is 37.7 Å². The van der Waals surface area contributed by atoms with E-state index in [4.69, 9.17) is 0 Å². The number of amides is 1. The van der Waals surface area contributed by atoms with E-state index in [1.807, 2.05) is 0 Å². The van der Waals surface area contributed by atoms with Crippen molar-refractivity contribution in [2.24, 2.45) is 11.8 Å². The van der Waals surface area contributed by atoms with Gasteiger partial charge < -0.3 is 10.2 Å². The van der Waals surface area contributed by atoms with Gasteiger partial charge in [0.1, 0.15) is 0 Å². The average molecular weight is 288 g/mol. The Kier molecular flexibility index (Phi) is 4.84. The number of hydrogen-bond acceptors (Lipinski definition) is 4. The molecule has 19 heavy (non-hydrogen) atoms. The molecule has 2 saturated heterocycles. The Morgan fingerprint density at radius 3 is 2.79 bits per heavy atom. The van der Waals surface area contributed by atoms with Crippen LogP contribution in [0, 0.1) is 11.8 Å². The van der Waals surface area contributed by atoms with E-state index in [0.29, 0.717) is 13.0 Å². The molecule has 2 aliphatic rings. The van der Waals surface area contributed by atoms with Crippen molar-refractivity contribution in [2.45, 2.75) is 26.2 Å². The van der Waals surface area contributed by atoms with Gasteiger partial charge in [-0.1, -0.05) is 6.92 Å². The molecule has 0 radical (unpaired) electrons. The molecule has 1 N–H and O–H groups in total. The number of likely N-dealkylation sites (tertiary alicyclic amines) is 1. The van der Waals surface area contributed by atoms with Gasteiger partial charge in [0.05, 0.1) is 17.4 Å². The van der Waals surface area contributed by atoms with Gasteiger partial charge in [0.25, 0.3) is 0 Å². The van der Waals surface area contributed by atoms with E-state index in [1.54, 1.807) is 0 Å². The van der Waals surface area contributed by atoms with Gasteiger partial charge in [-0.15, -0.1) is 0 Å². The highest BCUT2D eigenvalue weighted by atomic mass is 32.2. The molecule has 1 amide bonds. The number of carbonyl (C=O) groups is 1. The van der Waals surface area contributed by atoms with Crippen LogP contribution in [0.3, 0.4) is 0 Å². The van der Waals surface area contributed by atoms with E-state index in [1.165, 1.54) is 12.8 Å². The highest BCUT2D eigenvalue weighted by Gasteiger charge is 2.32. The standard InChI is InChI=1S/C13H24N2O3S/c1-11-3-2-6-15(9-11)7-5-14-13(16)12-4-8-19(17,18)10-12/h11-12H,2-10H2,1H3,(H,14,16)/t11-,12-/m1/s1. The normalized spacial score (nSPS) is 31.2. The van der Waals surface area contributed by atoms with Crippen LogP contribution in [0.4, 0.5) is 0 Å². The fraction of sp³-hybridized carbons (Fsp3) is 0.923. The molecule has 0 unspecified atom stereocenters. The lowest BCUT2D eigenvalue weighted by atomic mass is 10.0.